The number of halogens is 1. The van der Waals surface area contributed by atoms with Gasteiger partial charge in [0.1, 0.15) is 5.82 Å². The predicted molar refractivity (Wildman–Crippen MR) is 88.2 cm³/mol. The molecule has 1 N–H and O–H groups in total. The molecule has 0 unspecified atom stereocenters. The molecule has 23 heavy (non-hydrogen) atoms. The molecule has 0 spiro atoms. The van der Waals surface area contributed by atoms with Gasteiger partial charge in [-0.05, 0) is 24.3 Å². The van der Waals surface area contributed by atoms with Crippen LogP contribution in [0, 0.1) is 0 Å². The number of amides is 1. The maximum atomic E-state index is 12.3. The third-order valence-corrected chi connectivity index (χ3v) is 3.54. The monoisotopic (exact) mass is 328 g/mol. The van der Waals surface area contributed by atoms with E-state index in [2.05, 4.69) is 10.4 Å². The third kappa shape index (κ3) is 3.17. The van der Waals surface area contributed by atoms with E-state index in [1.54, 1.807) is 54.5 Å². The number of aromatic nitrogens is 3. The number of carbonyl (C=O) groups is 1. The van der Waals surface area contributed by atoms with E-state index in [1.807, 2.05) is 6.07 Å². The molecule has 0 fully saturated rings. The van der Waals surface area contributed by atoms with E-state index < -0.39 is 0 Å². The Hall–Kier alpha value is -2.86. The molecular formula is C16H13ClN4O2. The average Bonchev–Trinajstić information content (AvgIpc) is 2.98. The van der Waals surface area contributed by atoms with E-state index in [-0.39, 0.29) is 17.0 Å². The van der Waals surface area contributed by atoms with Crippen LogP contribution in [0.3, 0.4) is 0 Å². The molecule has 0 aliphatic rings. The summed E-state index contributed by atoms with van der Waals surface area (Å²) in [4.78, 5) is 23.9. The zero-order valence-electron chi connectivity index (χ0n) is 12.2. The minimum Gasteiger partial charge on any atom is -0.319 e. The first-order valence-electron chi connectivity index (χ1n) is 6.82. The van der Waals surface area contributed by atoms with Crippen molar-refractivity contribution in [1.29, 1.82) is 0 Å². The van der Waals surface area contributed by atoms with E-state index in [1.165, 1.54) is 10.6 Å². The number of carbonyl (C=O) groups excluding carboxylic acids is 1. The molecule has 0 bridgehead atoms. The van der Waals surface area contributed by atoms with Gasteiger partial charge >= 0.3 is 0 Å². The molecule has 0 aliphatic carbocycles. The molecule has 2 heterocycles. The lowest BCUT2D eigenvalue weighted by Gasteiger charge is -2.09. The molecule has 3 rings (SSSR count). The summed E-state index contributed by atoms with van der Waals surface area (Å²) in [6, 6.07) is 11.7. The van der Waals surface area contributed by atoms with Crippen molar-refractivity contribution in [3.8, 4) is 5.69 Å². The van der Waals surface area contributed by atoms with Crippen LogP contribution in [-0.4, -0.2) is 20.3 Å². The molecule has 6 nitrogen and oxygen atoms in total. The van der Waals surface area contributed by atoms with Gasteiger partial charge in [0.05, 0.1) is 11.9 Å². The minimum atomic E-state index is -0.383. The molecule has 116 valence electrons. The second-order valence-electron chi connectivity index (χ2n) is 4.93. The number of nitrogens with zero attached hydrogens (tertiary/aromatic N) is 3. The summed E-state index contributed by atoms with van der Waals surface area (Å²) < 4.78 is 2.96. The van der Waals surface area contributed by atoms with Crippen molar-refractivity contribution in [2.75, 3.05) is 5.32 Å². The van der Waals surface area contributed by atoms with Gasteiger partial charge in [0.2, 0.25) is 0 Å². The highest BCUT2D eigenvalue weighted by Crippen LogP contribution is 2.18. The first-order chi connectivity index (χ1) is 11.0. The van der Waals surface area contributed by atoms with Crippen molar-refractivity contribution in [3.05, 3.63) is 75.8 Å². The van der Waals surface area contributed by atoms with E-state index in [0.717, 1.165) is 5.69 Å². The van der Waals surface area contributed by atoms with Gasteiger partial charge in [0.15, 0.2) is 0 Å². The summed E-state index contributed by atoms with van der Waals surface area (Å²) in [5, 5.41) is 7.50. The predicted octanol–water partition coefficient (Wildman–Crippen LogP) is 2.48. The Bertz CT molecular complexity index is 930. The van der Waals surface area contributed by atoms with Gasteiger partial charge < -0.3 is 9.88 Å². The fourth-order valence-electron chi connectivity index (χ4n) is 2.09. The Balaban J connectivity index is 1.89. The summed E-state index contributed by atoms with van der Waals surface area (Å²) in [6.45, 7) is 0. The highest BCUT2D eigenvalue weighted by molar-refractivity contribution is 6.30. The van der Waals surface area contributed by atoms with Crippen LogP contribution in [0.15, 0.2) is 59.7 Å². The van der Waals surface area contributed by atoms with Crippen LogP contribution in [0.5, 0.6) is 0 Å². The van der Waals surface area contributed by atoms with Crippen molar-refractivity contribution in [2.24, 2.45) is 7.05 Å². The second-order valence-corrected chi connectivity index (χ2v) is 5.36. The third-order valence-electron chi connectivity index (χ3n) is 3.30. The largest absolute Gasteiger partial charge is 0.319 e. The number of hydrogen-bond donors (Lipinski definition) is 1. The molecule has 0 saturated heterocycles. The number of hydrogen-bond acceptors (Lipinski definition) is 3. The fraction of sp³-hybridized carbons (Fsp3) is 0.0625. The number of pyridine rings is 1. The van der Waals surface area contributed by atoms with Gasteiger partial charge in [-0.3, -0.25) is 9.59 Å². The van der Waals surface area contributed by atoms with Crippen molar-refractivity contribution in [2.45, 2.75) is 0 Å². The normalized spacial score (nSPS) is 10.5. The molecule has 0 atom stereocenters. The van der Waals surface area contributed by atoms with Crippen LogP contribution in [0.25, 0.3) is 5.69 Å². The van der Waals surface area contributed by atoms with Gasteiger partial charge in [0, 0.05) is 36.0 Å². The van der Waals surface area contributed by atoms with E-state index >= 15 is 0 Å². The zero-order chi connectivity index (χ0) is 16.4. The molecule has 2 aromatic heterocycles. The molecular weight excluding hydrogens is 316 g/mol. The molecule has 1 amide bonds. The maximum Gasteiger partial charge on any atom is 0.257 e. The smallest absolute Gasteiger partial charge is 0.257 e. The summed E-state index contributed by atoms with van der Waals surface area (Å²) in [5.41, 5.74) is 0.759. The lowest BCUT2D eigenvalue weighted by Crippen LogP contribution is -2.20. The standard InChI is InChI=1S/C16H13ClN4O2/c1-20-8-6-11(9-15(20)22)16(23)19-14-5-7-18-21(14)13-4-2-3-12(17)10-13/h2-10H,1H3,(H,19,23). The van der Waals surface area contributed by atoms with Crippen LogP contribution in [-0.2, 0) is 7.05 Å². The van der Waals surface area contributed by atoms with Crippen LogP contribution in [0.4, 0.5) is 5.82 Å². The SMILES string of the molecule is Cn1ccc(C(=O)Nc2ccnn2-c2cccc(Cl)c2)cc1=O. The first-order valence-corrected chi connectivity index (χ1v) is 7.20. The van der Waals surface area contributed by atoms with Gasteiger partial charge in [-0.15, -0.1) is 0 Å². The van der Waals surface area contributed by atoms with Gasteiger partial charge in [-0.1, -0.05) is 17.7 Å². The Kier molecular flexibility index (Phi) is 3.99. The van der Waals surface area contributed by atoms with E-state index in [0.29, 0.717) is 10.8 Å². The van der Waals surface area contributed by atoms with Crippen molar-refractivity contribution >= 4 is 23.3 Å². The summed E-state index contributed by atoms with van der Waals surface area (Å²) in [6.07, 6.45) is 3.12. The van der Waals surface area contributed by atoms with Gasteiger partial charge in [0.25, 0.3) is 11.5 Å². The molecule has 0 aliphatic heterocycles. The highest BCUT2D eigenvalue weighted by atomic mass is 35.5. The van der Waals surface area contributed by atoms with Gasteiger partial charge in [-0.25, -0.2) is 4.68 Å². The minimum absolute atomic E-state index is 0.249. The summed E-state index contributed by atoms with van der Waals surface area (Å²) >= 11 is 5.98. The number of nitrogens with one attached hydrogen (secondary N) is 1. The van der Waals surface area contributed by atoms with Crippen molar-refractivity contribution in [3.63, 3.8) is 0 Å². The highest BCUT2D eigenvalue weighted by Gasteiger charge is 2.11. The second kappa shape index (κ2) is 6.10. The number of anilines is 1. The Labute approximate surface area is 136 Å². The quantitative estimate of drug-likeness (QED) is 0.803. The lowest BCUT2D eigenvalue weighted by atomic mass is 10.2. The number of rotatable bonds is 3. The molecule has 1 aromatic carbocycles. The van der Waals surface area contributed by atoms with Crippen LogP contribution < -0.4 is 10.9 Å². The average molecular weight is 329 g/mol. The van der Waals surface area contributed by atoms with E-state index in [9.17, 15) is 9.59 Å². The summed E-state index contributed by atoms with van der Waals surface area (Å²) in [7, 11) is 1.62. The van der Waals surface area contributed by atoms with Crippen LogP contribution in [0.1, 0.15) is 10.4 Å². The molecule has 0 radical (unpaired) electrons. The lowest BCUT2D eigenvalue weighted by molar-refractivity contribution is 0.102. The Morgan fingerprint density at radius 1 is 1.22 bits per heavy atom. The number of aryl methyl sites for hydroxylation is 1. The topological polar surface area (TPSA) is 68.9 Å². The zero-order valence-corrected chi connectivity index (χ0v) is 13.0. The van der Waals surface area contributed by atoms with E-state index in [4.69, 9.17) is 11.6 Å². The van der Waals surface area contributed by atoms with Crippen LogP contribution >= 0.6 is 11.6 Å². The maximum absolute atomic E-state index is 12.3. The van der Waals surface area contributed by atoms with Crippen molar-refractivity contribution in [1.82, 2.24) is 14.3 Å². The van der Waals surface area contributed by atoms with Crippen LogP contribution in [0.2, 0.25) is 5.02 Å². The number of benzene rings is 1. The Morgan fingerprint density at radius 2 is 2.04 bits per heavy atom. The molecule has 3 aromatic rings. The van der Waals surface area contributed by atoms with Gasteiger partial charge in [-0.2, -0.15) is 5.10 Å². The summed E-state index contributed by atoms with van der Waals surface area (Å²) in [5.74, 6) is 0.101. The fourth-order valence-corrected chi connectivity index (χ4v) is 2.27. The molecule has 7 heteroatoms. The Morgan fingerprint density at radius 3 is 2.78 bits per heavy atom. The molecule has 0 saturated carbocycles. The van der Waals surface area contributed by atoms with Crippen molar-refractivity contribution < 1.29 is 4.79 Å². The first kappa shape index (κ1) is 15.1.